The molecule has 0 aliphatic heterocycles. The van der Waals surface area contributed by atoms with Crippen LogP contribution in [0, 0.1) is 30.6 Å². The second kappa shape index (κ2) is 10.9. The van der Waals surface area contributed by atoms with Crippen LogP contribution in [0.4, 0.5) is 4.79 Å². The zero-order valence-corrected chi connectivity index (χ0v) is 22.3. The predicted octanol–water partition coefficient (Wildman–Crippen LogP) is 4.78. The van der Waals surface area contributed by atoms with Gasteiger partial charge in [-0.05, 0) is 79.9 Å². The Morgan fingerprint density at radius 3 is 2.28 bits per heavy atom. The van der Waals surface area contributed by atoms with Gasteiger partial charge in [-0.25, -0.2) is 4.79 Å². The number of ether oxygens (including phenoxy) is 1. The number of rotatable bonds is 9. The Labute approximate surface area is 229 Å². The van der Waals surface area contributed by atoms with Gasteiger partial charge in [-0.1, -0.05) is 48.5 Å². The molecule has 39 heavy (non-hydrogen) atoms. The third kappa shape index (κ3) is 5.45. The number of fused-ring (bicyclic) bond motifs is 1. The molecule has 7 heteroatoms. The van der Waals surface area contributed by atoms with Crippen LogP contribution in [0.25, 0.3) is 10.9 Å². The molecule has 4 aliphatic carbocycles. The SMILES string of the molecule is Cc1[nH]c2ccccc2c1C[C@@H](NC(=O)OC1C2CC3CC(C2)CC1C3)C(=O)N[C@H]([C]=O)Cc1ccccc1. The first-order valence-corrected chi connectivity index (χ1v) is 14.2. The van der Waals surface area contributed by atoms with Gasteiger partial charge in [0, 0.05) is 29.4 Å². The van der Waals surface area contributed by atoms with Gasteiger partial charge in [0.2, 0.25) is 12.2 Å². The van der Waals surface area contributed by atoms with Crippen molar-refractivity contribution in [3.05, 3.63) is 71.4 Å². The minimum Gasteiger partial charge on any atom is -0.446 e. The fourth-order valence-electron chi connectivity index (χ4n) is 7.62. The van der Waals surface area contributed by atoms with E-state index in [0.29, 0.717) is 18.3 Å². The molecule has 203 valence electrons. The van der Waals surface area contributed by atoms with E-state index in [2.05, 4.69) is 15.6 Å². The van der Waals surface area contributed by atoms with Crippen LogP contribution >= 0.6 is 0 Å². The smallest absolute Gasteiger partial charge is 0.408 e. The van der Waals surface area contributed by atoms with Crippen molar-refractivity contribution in [1.29, 1.82) is 0 Å². The number of aryl methyl sites for hydroxylation is 1. The molecule has 1 heterocycles. The highest BCUT2D eigenvalue weighted by molar-refractivity contribution is 5.90. The molecule has 0 saturated heterocycles. The molecule has 2 amide bonds. The maximum atomic E-state index is 13.6. The fourth-order valence-corrected chi connectivity index (χ4v) is 7.62. The summed E-state index contributed by atoms with van der Waals surface area (Å²) in [6.07, 6.45) is 7.81. The summed E-state index contributed by atoms with van der Waals surface area (Å²) in [6.45, 7) is 1.97. The van der Waals surface area contributed by atoms with Crippen LogP contribution in [0.2, 0.25) is 0 Å². The first-order chi connectivity index (χ1) is 19.0. The highest BCUT2D eigenvalue weighted by Crippen LogP contribution is 2.54. The number of amides is 2. The van der Waals surface area contributed by atoms with E-state index in [-0.39, 0.29) is 12.5 Å². The van der Waals surface area contributed by atoms with Gasteiger partial charge in [-0.2, -0.15) is 0 Å². The third-order valence-electron chi connectivity index (χ3n) is 9.17. The number of alkyl carbamates (subject to hydrolysis) is 1. The molecule has 3 aromatic rings. The lowest BCUT2D eigenvalue weighted by atomic mass is 9.55. The number of carbonyl (C=O) groups is 2. The van der Waals surface area contributed by atoms with Gasteiger partial charge in [0.15, 0.2) is 0 Å². The Kier molecular flexibility index (Phi) is 7.15. The minimum absolute atomic E-state index is 0.0783. The molecule has 4 saturated carbocycles. The second-order valence-electron chi connectivity index (χ2n) is 11.8. The monoisotopic (exact) mass is 526 g/mol. The molecule has 4 fully saturated rings. The Morgan fingerprint density at radius 2 is 1.59 bits per heavy atom. The van der Waals surface area contributed by atoms with Crippen LogP contribution in [-0.2, 0) is 27.2 Å². The molecular formula is C32H36N3O4. The summed E-state index contributed by atoms with van der Waals surface area (Å²) in [5.74, 6) is 1.98. The number of hydrogen-bond acceptors (Lipinski definition) is 4. The van der Waals surface area contributed by atoms with Gasteiger partial charge in [0.1, 0.15) is 12.1 Å². The molecule has 1 aromatic heterocycles. The normalized spacial score (nSPS) is 26.6. The first kappa shape index (κ1) is 25.7. The molecule has 0 spiro atoms. The van der Waals surface area contributed by atoms with Gasteiger partial charge < -0.3 is 20.4 Å². The van der Waals surface area contributed by atoms with Crippen molar-refractivity contribution in [2.45, 2.75) is 70.1 Å². The lowest BCUT2D eigenvalue weighted by molar-refractivity contribution is -0.124. The Hall–Kier alpha value is -3.61. The van der Waals surface area contributed by atoms with Gasteiger partial charge >= 0.3 is 6.09 Å². The largest absolute Gasteiger partial charge is 0.446 e. The lowest BCUT2D eigenvalue weighted by Crippen LogP contribution is -2.54. The van der Waals surface area contributed by atoms with Crippen molar-refractivity contribution in [2.24, 2.45) is 23.7 Å². The van der Waals surface area contributed by atoms with Crippen molar-refractivity contribution in [3.8, 4) is 0 Å². The fraction of sp³-hybridized carbons (Fsp3) is 0.469. The standard InChI is InChI=1S/C32H36N3O4/c1-19-27(26-9-5-6-10-28(26)33-19)17-29(31(37)34-25(18-36)16-20-7-3-2-4-8-20)35-32(38)39-30-23-12-21-11-22(14-23)15-24(30)13-21/h2-10,21-25,29-30,33H,11-17H2,1H3,(H,34,37)(H,35,38)/t21?,22?,23?,24?,25-,29+,30?/m0/s1. The lowest BCUT2D eigenvalue weighted by Gasteiger charge is -2.53. The number of benzene rings is 2. The number of aromatic nitrogens is 1. The van der Waals surface area contributed by atoms with Crippen LogP contribution in [0.3, 0.4) is 0 Å². The molecular weight excluding hydrogens is 490 g/mol. The van der Waals surface area contributed by atoms with Crippen molar-refractivity contribution >= 4 is 29.2 Å². The third-order valence-corrected chi connectivity index (χ3v) is 9.17. The number of nitrogens with one attached hydrogen (secondary N) is 3. The van der Waals surface area contributed by atoms with Crippen LogP contribution in [0.15, 0.2) is 54.6 Å². The number of hydrogen-bond donors (Lipinski definition) is 3. The minimum atomic E-state index is -0.904. The van der Waals surface area contributed by atoms with E-state index >= 15 is 0 Å². The summed E-state index contributed by atoms with van der Waals surface area (Å²) in [5.41, 5.74) is 3.79. The molecule has 7 nitrogen and oxygen atoms in total. The molecule has 0 unspecified atom stereocenters. The molecule has 2 atom stereocenters. The Morgan fingerprint density at radius 1 is 0.923 bits per heavy atom. The second-order valence-corrected chi connectivity index (χ2v) is 11.8. The molecule has 3 N–H and O–H groups in total. The number of carbonyl (C=O) groups excluding carboxylic acids is 3. The number of H-pyrrole nitrogens is 1. The van der Waals surface area contributed by atoms with Crippen LogP contribution < -0.4 is 10.6 Å². The molecule has 7 rings (SSSR count). The summed E-state index contributed by atoms with van der Waals surface area (Å²) in [5, 5.41) is 6.70. The average Bonchev–Trinajstić information content (AvgIpc) is 3.24. The quantitative estimate of drug-likeness (QED) is 0.374. The highest BCUT2D eigenvalue weighted by Gasteiger charge is 2.50. The molecule has 4 bridgehead atoms. The maximum absolute atomic E-state index is 13.6. The van der Waals surface area contributed by atoms with E-state index in [0.717, 1.165) is 65.2 Å². The Balaban J connectivity index is 1.19. The van der Waals surface area contributed by atoms with E-state index in [4.69, 9.17) is 4.74 Å². The summed E-state index contributed by atoms with van der Waals surface area (Å²) in [4.78, 5) is 42.0. The zero-order chi connectivity index (χ0) is 26.9. The number of aromatic amines is 1. The summed E-state index contributed by atoms with van der Waals surface area (Å²) < 4.78 is 6.06. The highest BCUT2D eigenvalue weighted by atomic mass is 16.6. The molecule has 1 radical (unpaired) electrons. The van der Waals surface area contributed by atoms with E-state index in [9.17, 15) is 14.4 Å². The first-order valence-electron chi connectivity index (χ1n) is 14.2. The van der Waals surface area contributed by atoms with E-state index < -0.39 is 24.1 Å². The van der Waals surface area contributed by atoms with Crippen LogP contribution in [0.5, 0.6) is 0 Å². The summed E-state index contributed by atoms with van der Waals surface area (Å²) >= 11 is 0. The zero-order valence-electron chi connectivity index (χ0n) is 22.3. The van der Waals surface area contributed by atoms with E-state index in [1.165, 1.54) is 6.42 Å². The van der Waals surface area contributed by atoms with Gasteiger partial charge in [0.25, 0.3) is 0 Å². The maximum Gasteiger partial charge on any atom is 0.408 e. The van der Waals surface area contributed by atoms with Gasteiger partial charge in [-0.3, -0.25) is 9.59 Å². The van der Waals surface area contributed by atoms with Crippen molar-refractivity contribution in [2.75, 3.05) is 0 Å². The molecule has 4 aliphatic rings. The van der Waals surface area contributed by atoms with Crippen molar-refractivity contribution < 1.29 is 19.1 Å². The van der Waals surface area contributed by atoms with Crippen LogP contribution in [-0.4, -0.2) is 41.5 Å². The summed E-state index contributed by atoms with van der Waals surface area (Å²) in [7, 11) is 0. The van der Waals surface area contributed by atoms with Crippen LogP contribution in [0.1, 0.15) is 48.9 Å². The van der Waals surface area contributed by atoms with E-state index in [1.54, 1.807) is 0 Å². The summed E-state index contributed by atoms with van der Waals surface area (Å²) in [6, 6.07) is 15.7. The predicted molar refractivity (Wildman–Crippen MR) is 149 cm³/mol. The van der Waals surface area contributed by atoms with Crippen molar-refractivity contribution in [3.63, 3.8) is 0 Å². The van der Waals surface area contributed by atoms with Crippen molar-refractivity contribution in [1.82, 2.24) is 15.6 Å². The molecule has 2 aromatic carbocycles. The van der Waals surface area contributed by atoms with E-state index in [1.807, 2.05) is 67.8 Å². The number of para-hydroxylation sites is 1. The Bertz CT molecular complexity index is 1320. The van der Waals surface area contributed by atoms with Gasteiger partial charge in [0.05, 0.1) is 6.04 Å². The van der Waals surface area contributed by atoms with Gasteiger partial charge in [-0.15, -0.1) is 0 Å². The topological polar surface area (TPSA) is 100 Å². The average molecular weight is 527 g/mol.